The van der Waals surface area contributed by atoms with Gasteiger partial charge in [-0.15, -0.1) is 0 Å². The van der Waals surface area contributed by atoms with Crippen LogP contribution in [0, 0.1) is 5.92 Å². The Morgan fingerprint density at radius 1 is 1.53 bits per heavy atom. The van der Waals surface area contributed by atoms with Crippen LogP contribution in [0.25, 0.3) is 0 Å². The molecule has 0 unspecified atom stereocenters. The van der Waals surface area contributed by atoms with Crippen molar-refractivity contribution in [3.05, 3.63) is 26.9 Å². The van der Waals surface area contributed by atoms with Gasteiger partial charge in [0.2, 0.25) is 0 Å². The molecule has 0 spiro atoms. The van der Waals surface area contributed by atoms with E-state index in [1.807, 2.05) is 20.8 Å². The zero-order chi connectivity index (χ0) is 13.0. The van der Waals surface area contributed by atoms with Gasteiger partial charge in [0.1, 0.15) is 5.82 Å². The topological polar surface area (TPSA) is 70.5 Å². The summed E-state index contributed by atoms with van der Waals surface area (Å²) in [7, 11) is 1.43. The average molecular weight is 238 g/mol. The molecule has 1 rings (SSSR count). The lowest BCUT2D eigenvalue weighted by atomic mass is 10.3. The molecule has 1 aromatic rings. The first-order chi connectivity index (χ1) is 7.95. The summed E-state index contributed by atoms with van der Waals surface area (Å²) >= 11 is 0. The Morgan fingerprint density at radius 2 is 2.18 bits per heavy atom. The predicted octanol–water partition coefficient (Wildman–Crippen LogP) is 0.542. The third-order valence-corrected chi connectivity index (χ3v) is 2.21. The fourth-order valence-corrected chi connectivity index (χ4v) is 1.21. The van der Waals surface area contributed by atoms with Crippen LogP contribution in [0.4, 0.5) is 5.82 Å². The number of H-pyrrole nitrogens is 1. The lowest BCUT2D eigenvalue weighted by molar-refractivity contribution is 0.753. The van der Waals surface area contributed by atoms with Crippen molar-refractivity contribution in [3.63, 3.8) is 0 Å². The Kier molecular flexibility index (Phi) is 4.25. The van der Waals surface area contributed by atoms with E-state index in [1.54, 1.807) is 11.2 Å². The van der Waals surface area contributed by atoms with Crippen LogP contribution in [0.3, 0.4) is 0 Å². The normalized spacial score (nSPS) is 11.4. The number of anilines is 1. The van der Waals surface area contributed by atoms with Crippen LogP contribution < -0.4 is 16.3 Å². The fourth-order valence-electron chi connectivity index (χ4n) is 1.21. The molecule has 0 atom stereocenters. The fraction of sp³-hybridized carbons (Fsp3) is 0.545. The lowest BCUT2D eigenvalue weighted by Gasteiger charge is -2.16. The number of hydrogen-bond acceptors (Lipinski definition) is 4. The maximum Gasteiger partial charge on any atom is 0.329 e. The van der Waals surface area contributed by atoms with Crippen LogP contribution in [0.5, 0.6) is 0 Å². The maximum absolute atomic E-state index is 11.5. The monoisotopic (exact) mass is 238 g/mol. The summed E-state index contributed by atoms with van der Waals surface area (Å²) in [6.07, 6.45) is 1.76. The molecule has 17 heavy (non-hydrogen) atoms. The Morgan fingerprint density at radius 3 is 2.65 bits per heavy atom. The number of aromatic amines is 1. The van der Waals surface area contributed by atoms with Gasteiger partial charge in [0, 0.05) is 25.9 Å². The molecular weight excluding hydrogens is 220 g/mol. The molecule has 0 saturated heterocycles. The van der Waals surface area contributed by atoms with Crippen molar-refractivity contribution in [3.8, 4) is 0 Å². The van der Waals surface area contributed by atoms with Gasteiger partial charge in [-0.05, 0) is 12.8 Å². The molecule has 94 valence electrons. The first-order valence-electron chi connectivity index (χ1n) is 5.57. The van der Waals surface area contributed by atoms with Crippen molar-refractivity contribution in [2.45, 2.75) is 20.8 Å². The van der Waals surface area contributed by atoms with Crippen molar-refractivity contribution in [1.82, 2.24) is 9.55 Å². The summed E-state index contributed by atoms with van der Waals surface area (Å²) in [4.78, 5) is 25.5. The van der Waals surface area contributed by atoms with Gasteiger partial charge in [0.05, 0.1) is 0 Å². The standard InChI is InChI=1S/C11H18N4O2/c1-5-15(12-7-8(2)3)9-6-10(16)14(4)11(17)13-9/h6-8H,5H2,1-4H3,(H,13,17)/b12-7+. The number of hydrogen-bond donors (Lipinski definition) is 1. The van der Waals surface area contributed by atoms with E-state index in [0.717, 1.165) is 4.57 Å². The zero-order valence-corrected chi connectivity index (χ0v) is 10.6. The minimum atomic E-state index is -0.439. The highest BCUT2D eigenvalue weighted by Crippen LogP contribution is 2.05. The molecule has 0 aliphatic heterocycles. The maximum atomic E-state index is 11.5. The van der Waals surface area contributed by atoms with Gasteiger partial charge < -0.3 is 0 Å². The first-order valence-corrected chi connectivity index (χ1v) is 5.57. The summed E-state index contributed by atoms with van der Waals surface area (Å²) < 4.78 is 1.02. The molecule has 1 aromatic heterocycles. The highest BCUT2D eigenvalue weighted by atomic mass is 16.2. The van der Waals surface area contributed by atoms with Crippen LogP contribution in [0.15, 0.2) is 20.8 Å². The second kappa shape index (κ2) is 5.47. The van der Waals surface area contributed by atoms with E-state index in [9.17, 15) is 9.59 Å². The molecule has 1 heterocycles. The molecule has 0 aliphatic carbocycles. The molecule has 0 fully saturated rings. The van der Waals surface area contributed by atoms with E-state index in [1.165, 1.54) is 13.1 Å². The molecule has 0 bridgehead atoms. The molecule has 1 N–H and O–H groups in total. The third kappa shape index (κ3) is 3.30. The minimum absolute atomic E-state index is 0.308. The Labute approximate surface area is 99.6 Å². The van der Waals surface area contributed by atoms with Gasteiger partial charge in [-0.2, -0.15) is 5.10 Å². The first kappa shape index (κ1) is 13.2. The van der Waals surface area contributed by atoms with Gasteiger partial charge >= 0.3 is 5.69 Å². The highest BCUT2D eigenvalue weighted by molar-refractivity contribution is 5.61. The van der Waals surface area contributed by atoms with Gasteiger partial charge in [-0.3, -0.25) is 14.3 Å². The molecule has 0 aliphatic rings. The lowest BCUT2D eigenvalue weighted by Crippen LogP contribution is -2.34. The molecular formula is C11H18N4O2. The largest absolute Gasteiger partial charge is 0.329 e. The quantitative estimate of drug-likeness (QED) is 0.615. The number of nitrogens with zero attached hydrogens (tertiary/aromatic N) is 3. The smallest absolute Gasteiger partial charge is 0.292 e. The van der Waals surface area contributed by atoms with E-state index < -0.39 is 5.69 Å². The number of rotatable bonds is 4. The SMILES string of the molecule is CCN(/N=C/C(C)C)c1cc(=O)n(C)c(=O)[nH]1. The molecule has 0 saturated carbocycles. The highest BCUT2D eigenvalue weighted by Gasteiger charge is 2.06. The van der Waals surface area contributed by atoms with E-state index in [-0.39, 0.29) is 5.56 Å². The Bertz CT molecular complexity index is 482. The summed E-state index contributed by atoms with van der Waals surface area (Å²) in [6.45, 7) is 6.48. The van der Waals surface area contributed by atoms with Gasteiger partial charge in [-0.25, -0.2) is 9.80 Å². The second-order valence-electron chi connectivity index (χ2n) is 4.08. The predicted molar refractivity (Wildman–Crippen MR) is 68.7 cm³/mol. The van der Waals surface area contributed by atoms with Crippen molar-refractivity contribution < 1.29 is 0 Å². The van der Waals surface area contributed by atoms with Crippen molar-refractivity contribution >= 4 is 12.0 Å². The Balaban J connectivity index is 3.13. The molecule has 0 aromatic carbocycles. The zero-order valence-electron chi connectivity index (χ0n) is 10.6. The van der Waals surface area contributed by atoms with Gasteiger partial charge in [0.25, 0.3) is 5.56 Å². The van der Waals surface area contributed by atoms with Crippen molar-refractivity contribution in [2.24, 2.45) is 18.1 Å². The van der Waals surface area contributed by atoms with Crippen LogP contribution in [0.2, 0.25) is 0 Å². The van der Waals surface area contributed by atoms with E-state index >= 15 is 0 Å². The van der Waals surface area contributed by atoms with Crippen molar-refractivity contribution in [1.29, 1.82) is 0 Å². The number of aromatic nitrogens is 2. The van der Waals surface area contributed by atoms with Gasteiger partial charge in [0.15, 0.2) is 0 Å². The molecule has 6 nitrogen and oxygen atoms in total. The van der Waals surface area contributed by atoms with Gasteiger partial charge in [-0.1, -0.05) is 13.8 Å². The van der Waals surface area contributed by atoms with Crippen LogP contribution >= 0.6 is 0 Å². The second-order valence-corrected chi connectivity index (χ2v) is 4.08. The van der Waals surface area contributed by atoms with Crippen LogP contribution in [0.1, 0.15) is 20.8 Å². The molecule has 0 amide bonds. The summed E-state index contributed by atoms with van der Waals surface area (Å²) in [6, 6.07) is 1.36. The molecule has 6 heteroatoms. The summed E-state index contributed by atoms with van der Waals surface area (Å²) in [5, 5.41) is 5.80. The molecule has 0 radical (unpaired) electrons. The van der Waals surface area contributed by atoms with Crippen molar-refractivity contribution in [2.75, 3.05) is 11.6 Å². The van der Waals surface area contributed by atoms with Crippen LogP contribution in [-0.2, 0) is 7.05 Å². The summed E-state index contributed by atoms with van der Waals surface area (Å²) in [5.41, 5.74) is -0.785. The number of nitrogens with one attached hydrogen (secondary N) is 1. The summed E-state index contributed by atoms with van der Waals surface area (Å²) in [5.74, 6) is 0.722. The van der Waals surface area contributed by atoms with E-state index in [0.29, 0.717) is 18.3 Å². The van der Waals surface area contributed by atoms with E-state index in [2.05, 4.69) is 10.1 Å². The van der Waals surface area contributed by atoms with E-state index in [4.69, 9.17) is 0 Å². The Hall–Kier alpha value is -1.85. The average Bonchev–Trinajstić information content (AvgIpc) is 2.26. The third-order valence-electron chi connectivity index (χ3n) is 2.21. The number of hydrazone groups is 1. The van der Waals surface area contributed by atoms with Crippen LogP contribution in [-0.4, -0.2) is 22.3 Å². The minimum Gasteiger partial charge on any atom is -0.292 e.